The molecule has 0 aromatic carbocycles. The minimum atomic E-state index is -0.546. The molecule has 1 atom stereocenters. The molecule has 1 aliphatic rings. The first-order valence-corrected chi connectivity index (χ1v) is 7.26. The maximum absolute atomic E-state index is 12.7. The van der Waals surface area contributed by atoms with Crippen molar-refractivity contribution in [1.29, 1.82) is 0 Å². The van der Waals surface area contributed by atoms with Gasteiger partial charge < -0.3 is 9.64 Å². The molecular formula is C15H23N3O3. The number of aryl methyl sites for hydroxylation is 2. The summed E-state index contributed by atoms with van der Waals surface area (Å²) in [5.41, 5.74) is 1.40. The number of likely N-dealkylation sites (tertiary alicyclic amines) is 1. The Morgan fingerprint density at radius 2 is 2.00 bits per heavy atom. The molecule has 1 aromatic heterocycles. The van der Waals surface area contributed by atoms with Gasteiger partial charge in [0.05, 0.1) is 11.3 Å². The second-order valence-corrected chi connectivity index (χ2v) is 6.50. The summed E-state index contributed by atoms with van der Waals surface area (Å²) in [5.74, 6) is -0.473. The van der Waals surface area contributed by atoms with Gasteiger partial charge in [-0.2, -0.15) is 5.10 Å². The first kappa shape index (κ1) is 15.5. The second kappa shape index (κ2) is 5.50. The van der Waals surface area contributed by atoms with E-state index in [4.69, 9.17) is 4.74 Å². The fourth-order valence-electron chi connectivity index (χ4n) is 2.63. The van der Waals surface area contributed by atoms with Crippen LogP contribution >= 0.6 is 0 Å². The predicted molar refractivity (Wildman–Crippen MR) is 78.0 cm³/mol. The Kier molecular flexibility index (Phi) is 4.07. The summed E-state index contributed by atoms with van der Waals surface area (Å²) in [6, 6.07) is -0.495. The molecule has 1 saturated heterocycles. The van der Waals surface area contributed by atoms with Crippen molar-refractivity contribution in [2.24, 2.45) is 0 Å². The number of hydrogen-bond donors (Lipinski definition) is 1. The van der Waals surface area contributed by atoms with Gasteiger partial charge in [-0.15, -0.1) is 0 Å². The molecule has 6 heteroatoms. The zero-order chi connectivity index (χ0) is 15.8. The van der Waals surface area contributed by atoms with E-state index in [2.05, 4.69) is 10.2 Å². The Morgan fingerprint density at radius 1 is 1.33 bits per heavy atom. The van der Waals surface area contributed by atoms with Gasteiger partial charge in [-0.25, -0.2) is 4.79 Å². The largest absolute Gasteiger partial charge is 0.458 e. The Morgan fingerprint density at radius 3 is 2.52 bits per heavy atom. The quantitative estimate of drug-likeness (QED) is 0.846. The maximum atomic E-state index is 12.7. The average Bonchev–Trinajstić information content (AvgIpc) is 2.94. The highest BCUT2D eigenvalue weighted by Crippen LogP contribution is 2.24. The molecule has 1 fully saturated rings. The number of carbonyl (C=O) groups is 2. The number of rotatable bonds is 2. The number of nitrogens with zero attached hydrogens (tertiary/aromatic N) is 2. The van der Waals surface area contributed by atoms with Crippen LogP contribution in [0.3, 0.4) is 0 Å². The third-order valence-electron chi connectivity index (χ3n) is 3.53. The topological polar surface area (TPSA) is 75.3 Å². The molecule has 116 valence electrons. The summed E-state index contributed by atoms with van der Waals surface area (Å²) < 4.78 is 5.42. The Balaban J connectivity index is 2.19. The molecule has 1 aliphatic heterocycles. The number of esters is 1. The molecule has 1 amide bonds. The van der Waals surface area contributed by atoms with Crippen LogP contribution < -0.4 is 0 Å². The van der Waals surface area contributed by atoms with Gasteiger partial charge in [-0.05, 0) is 47.5 Å². The number of nitrogens with one attached hydrogen (secondary N) is 1. The third-order valence-corrected chi connectivity index (χ3v) is 3.53. The molecule has 0 unspecified atom stereocenters. The van der Waals surface area contributed by atoms with Gasteiger partial charge in [-0.3, -0.25) is 9.89 Å². The fraction of sp³-hybridized carbons (Fsp3) is 0.667. The van der Waals surface area contributed by atoms with Crippen LogP contribution in [0.2, 0.25) is 0 Å². The summed E-state index contributed by atoms with van der Waals surface area (Å²) >= 11 is 0. The smallest absolute Gasteiger partial charge is 0.329 e. The van der Waals surface area contributed by atoms with Crippen molar-refractivity contribution < 1.29 is 14.3 Å². The summed E-state index contributed by atoms with van der Waals surface area (Å²) in [6.07, 6.45) is 1.46. The summed E-state index contributed by atoms with van der Waals surface area (Å²) in [6.45, 7) is 9.66. The van der Waals surface area contributed by atoms with Gasteiger partial charge in [0.25, 0.3) is 5.91 Å². The van der Waals surface area contributed by atoms with Crippen LogP contribution in [0.25, 0.3) is 0 Å². The number of H-pyrrole nitrogens is 1. The summed E-state index contributed by atoms with van der Waals surface area (Å²) in [5, 5.41) is 6.86. The zero-order valence-corrected chi connectivity index (χ0v) is 13.3. The van der Waals surface area contributed by atoms with Crippen LogP contribution in [-0.4, -0.2) is 45.2 Å². The first-order chi connectivity index (χ1) is 9.70. The van der Waals surface area contributed by atoms with Gasteiger partial charge in [0.1, 0.15) is 11.6 Å². The molecule has 21 heavy (non-hydrogen) atoms. The van der Waals surface area contributed by atoms with Crippen LogP contribution in [0.5, 0.6) is 0 Å². The van der Waals surface area contributed by atoms with Gasteiger partial charge in [-0.1, -0.05) is 0 Å². The van der Waals surface area contributed by atoms with E-state index in [0.717, 1.165) is 12.1 Å². The Labute approximate surface area is 124 Å². The Hall–Kier alpha value is -1.85. The molecule has 0 saturated carbocycles. The van der Waals surface area contributed by atoms with E-state index in [9.17, 15) is 9.59 Å². The number of amides is 1. The van der Waals surface area contributed by atoms with Crippen molar-refractivity contribution in [3.05, 3.63) is 17.0 Å². The molecule has 0 spiro atoms. The fourth-order valence-corrected chi connectivity index (χ4v) is 2.63. The highest BCUT2D eigenvalue weighted by atomic mass is 16.6. The lowest BCUT2D eigenvalue weighted by Crippen LogP contribution is -2.43. The van der Waals surface area contributed by atoms with E-state index in [1.165, 1.54) is 0 Å². The van der Waals surface area contributed by atoms with Crippen LogP contribution in [0.1, 0.15) is 55.4 Å². The molecule has 2 rings (SSSR count). The molecule has 0 bridgehead atoms. The van der Waals surface area contributed by atoms with Crippen LogP contribution in [0.4, 0.5) is 0 Å². The molecule has 2 heterocycles. The van der Waals surface area contributed by atoms with E-state index in [0.29, 0.717) is 24.2 Å². The van der Waals surface area contributed by atoms with Crippen LogP contribution in [-0.2, 0) is 9.53 Å². The minimum absolute atomic E-state index is 0.146. The summed E-state index contributed by atoms with van der Waals surface area (Å²) in [7, 11) is 0. The van der Waals surface area contributed by atoms with Crippen molar-refractivity contribution in [2.45, 2.75) is 59.1 Å². The Bertz CT molecular complexity index is 538. The lowest BCUT2D eigenvalue weighted by Gasteiger charge is -2.27. The van der Waals surface area contributed by atoms with E-state index in [-0.39, 0.29) is 11.9 Å². The number of aromatic nitrogens is 2. The average molecular weight is 293 g/mol. The van der Waals surface area contributed by atoms with Crippen molar-refractivity contribution in [2.75, 3.05) is 6.54 Å². The normalized spacial score (nSPS) is 18.9. The molecule has 0 aliphatic carbocycles. The number of ether oxygens (including phenoxy) is 1. The van der Waals surface area contributed by atoms with Crippen molar-refractivity contribution in [3.8, 4) is 0 Å². The lowest BCUT2D eigenvalue weighted by atomic mass is 10.1. The van der Waals surface area contributed by atoms with Crippen molar-refractivity contribution in [3.63, 3.8) is 0 Å². The second-order valence-electron chi connectivity index (χ2n) is 6.50. The van der Waals surface area contributed by atoms with Gasteiger partial charge in [0, 0.05) is 12.2 Å². The van der Waals surface area contributed by atoms with Crippen molar-refractivity contribution >= 4 is 11.9 Å². The number of hydrogen-bond acceptors (Lipinski definition) is 4. The predicted octanol–water partition coefficient (Wildman–Crippen LogP) is 1.97. The number of carbonyl (C=O) groups excluding carboxylic acids is 2. The highest BCUT2D eigenvalue weighted by Gasteiger charge is 2.38. The van der Waals surface area contributed by atoms with E-state index in [1.54, 1.807) is 11.8 Å². The van der Waals surface area contributed by atoms with E-state index >= 15 is 0 Å². The van der Waals surface area contributed by atoms with Crippen LogP contribution in [0.15, 0.2) is 0 Å². The van der Waals surface area contributed by atoms with E-state index in [1.807, 2.05) is 27.7 Å². The van der Waals surface area contributed by atoms with Gasteiger partial charge in [0.2, 0.25) is 0 Å². The number of aromatic amines is 1. The molecular weight excluding hydrogens is 270 g/mol. The molecule has 1 N–H and O–H groups in total. The molecule has 0 radical (unpaired) electrons. The molecule has 6 nitrogen and oxygen atoms in total. The summed E-state index contributed by atoms with van der Waals surface area (Å²) in [4.78, 5) is 26.6. The van der Waals surface area contributed by atoms with Crippen molar-refractivity contribution in [1.82, 2.24) is 15.1 Å². The monoisotopic (exact) mass is 293 g/mol. The lowest BCUT2D eigenvalue weighted by molar-refractivity contribution is -0.159. The standard InChI is InChI=1S/C15H23N3O3/c1-9-12(10(2)17-16-9)13(19)18-8-6-7-11(18)14(20)21-15(3,4)5/h11H,6-8H2,1-5H3,(H,16,17)/t11-/m1/s1. The SMILES string of the molecule is Cc1n[nH]c(C)c1C(=O)N1CCC[C@@H]1C(=O)OC(C)(C)C. The van der Waals surface area contributed by atoms with Crippen LogP contribution in [0, 0.1) is 13.8 Å². The molecule has 1 aromatic rings. The van der Waals surface area contributed by atoms with Gasteiger partial charge in [0.15, 0.2) is 0 Å². The van der Waals surface area contributed by atoms with Gasteiger partial charge >= 0.3 is 5.97 Å². The maximum Gasteiger partial charge on any atom is 0.329 e. The highest BCUT2D eigenvalue weighted by molar-refractivity contribution is 5.98. The van der Waals surface area contributed by atoms with E-state index < -0.39 is 11.6 Å². The third kappa shape index (κ3) is 3.25. The minimum Gasteiger partial charge on any atom is -0.458 e. The zero-order valence-electron chi connectivity index (χ0n) is 13.3. The first-order valence-electron chi connectivity index (χ1n) is 7.26.